The monoisotopic (exact) mass is 422 g/mol. The predicted octanol–water partition coefficient (Wildman–Crippen LogP) is 0.545. The van der Waals surface area contributed by atoms with E-state index in [-0.39, 0.29) is 29.8 Å². The van der Waals surface area contributed by atoms with Crippen molar-refractivity contribution < 1.29 is 14.4 Å². The van der Waals surface area contributed by atoms with Crippen molar-refractivity contribution in [2.75, 3.05) is 0 Å². The van der Waals surface area contributed by atoms with Crippen molar-refractivity contribution >= 4 is 17.8 Å². The van der Waals surface area contributed by atoms with Crippen molar-refractivity contribution in [2.24, 2.45) is 11.7 Å². The van der Waals surface area contributed by atoms with Crippen LogP contribution in [0.3, 0.4) is 0 Å². The van der Waals surface area contributed by atoms with E-state index >= 15 is 0 Å². The number of hydrogen-bond acceptors (Lipinski definition) is 4. The first-order chi connectivity index (χ1) is 14.9. The molecule has 3 aliphatic rings. The molecule has 1 aromatic heterocycles. The number of aryl methyl sites for hydroxylation is 1. The summed E-state index contributed by atoms with van der Waals surface area (Å²) in [5.74, 6) is -0.370. The molecular weight excluding hydrogens is 396 g/mol. The molecule has 0 bridgehead atoms. The Morgan fingerprint density at radius 3 is 2.71 bits per heavy atom. The van der Waals surface area contributed by atoms with Crippen LogP contribution in [0.4, 0.5) is 4.79 Å². The molecule has 5 rings (SSSR count). The average molecular weight is 422 g/mol. The molecule has 9 heteroatoms. The molecule has 2 aromatic rings. The molecule has 0 radical (unpaired) electrons. The molecule has 31 heavy (non-hydrogen) atoms. The maximum Gasteiger partial charge on any atom is 0.313 e. The highest BCUT2D eigenvalue weighted by molar-refractivity contribution is 5.94. The molecule has 0 spiro atoms. The maximum absolute atomic E-state index is 13.1. The van der Waals surface area contributed by atoms with Gasteiger partial charge in [-0.1, -0.05) is 24.3 Å². The van der Waals surface area contributed by atoms with Gasteiger partial charge in [0.05, 0.1) is 18.4 Å². The van der Waals surface area contributed by atoms with Gasteiger partial charge in [-0.25, -0.2) is 9.78 Å². The van der Waals surface area contributed by atoms with Crippen molar-refractivity contribution in [3.63, 3.8) is 0 Å². The quantitative estimate of drug-likeness (QED) is 0.560. The lowest BCUT2D eigenvalue weighted by molar-refractivity contribution is -0.128. The summed E-state index contributed by atoms with van der Waals surface area (Å²) in [5.41, 5.74) is 7.49. The van der Waals surface area contributed by atoms with E-state index in [0.717, 1.165) is 29.8 Å². The van der Waals surface area contributed by atoms with Crippen LogP contribution < -0.4 is 21.7 Å². The summed E-state index contributed by atoms with van der Waals surface area (Å²) < 4.78 is 2.08. The van der Waals surface area contributed by atoms with Crippen LogP contribution in [-0.4, -0.2) is 39.0 Å². The number of carbonyl (C=O) groups is 3. The second-order valence-electron chi connectivity index (χ2n) is 8.81. The molecule has 4 amide bonds. The number of nitrogens with zero attached hydrogens (tertiary/aromatic N) is 2. The van der Waals surface area contributed by atoms with Crippen LogP contribution in [0.15, 0.2) is 36.8 Å². The first-order valence-corrected chi connectivity index (χ1v) is 10.7. The van der Waals surface area contributed by atoms with Gasteiger partial charge in [-0.15, -0.1) is 0 Å². The number of hydrogen-bond donors (Lipinski definition) is 4. The van der Waals surface area contributed by atoms with Gasteiger partial charge in [0.1, 0.15) is 5.54 Å². The van der Waals surface area contributed by atoms with E-state index in [0.29, 0.717) is 25.7 Å². The number of aromatic nitrogens is 2. The third-order valence-corrected chi connectivity index (χ3v) is 6.74. The zero-order valence-corrected chi connectivity index (χ0v) is 17.1. The summed E-state index contributed by atoms with van der Waals surface area (Å²) >= 11 is 0. The molecule has 3 atom stereocenters. The number of urea groups is 1. The highest BCUT2D eigenvalue weighted by Crippen LogP contribution is 2.38. The largest absolute Gasteiger partial charge is 0.352 e. The summed E-state index contributed by atoms with van der Waals surface area (Å²) in [6.45, 7) is 0.778. The van der Waals surface area contributed by atoms with Gasteiger partial charge >= 0.3 is 6.03 Å². The van der Waals surface area contributed by atoms with E-state index < -0.39 is 11.6 Å². The predicted molar refractivity (Wildman–Crippen MR) is 112 cm³/mol. The summed E-state index contributed by atoms with van der Waals surface area (Å²) in [4.78, 5) is 41.5. The Morgan fingerprint density at radius 1 is 1.13 bits per heavy atom. The third kappa shape index (κ3) is 3.64. The van der Waals surface area contributed by atoms with Crippen molar-refractivity contribution in [3.05, 3.63) is 53.6 Å². The Labute approximate surface area is 179 Å². The van der Waals surface area contributed by atoms with Gasteiger partial charge in [0.2, 0.25) is 11.8 Å². The number of nitrogens with one attached hydrogen (secondary N) is 3. The minimum absolute atomic E-state index is 0.000835. The van der Waals surface area contributed by atoms with Gasteiger partial charge in [-0.2, -0.15) is 0 Å². The SMILES string of the molecule is NC(=O)NC1(C(=O)N[C@@H]2c3ccccc3C[C@H]2NC(=O)C2CCn3cncc3C2)CC1. The van der Waals surface area contributed by atoms with E-state index in [1.165, 1.54) is 0 Å². The fourth-order valence-corrected chi connectivity index (χ4v) is 4.85. The molecule has 1 aromatic carbocycles. The van der Waals surface area contributed by atoms with Crippen LogP contribution >= 0.6 is 0 Å². The molecule has 5 N–H and O–H groups in total. The number of imidazole rings is 1. The van der Waals surface area contributed by atoms with E-state index in [1.807, 2.05) is 30.5 Å². The fourth-order valence-electron chi connectivity index (χ4n) is 4.85. The number of rotatable bonds is 5. The summed E-state index contributed by atoms with van der Waals surface area (Å²) in [5, 5.41) is 8.84. The molecule has 162 valence electrons. The molecular formula is C22H26N6O3. The second kappa shape index (κ2) is 7.40. The number of amides is 4. The van der Waals surface area contributed by atoms with Crippen molar-refractivity contribution in [3.8, 4) is 0 Å². The number of carbonyl (C=O) groups excluding carboxylic acids is 3. The summed E-state index contributed by atoms with van der Waals surface area (Å²) in [7, 11) is 0. The van der Waals surface area contributed by atoms with Crippen LogP contribution in [-0.2, 0) is 29.0 Å². The summed E-state index contributed by atoms with van der Waals surface area (Å²) in [6, 6.07) is 6.58. The molecule has 1 saturated carbocycles. The molecule has 1 fully saturated rings. The van der Waals surface area contributed by atoms with Crippen LogP contribution in [0.2, 0.25) is 0 Å². The molecule has 1 unspecified atom stereocenters. The van der Waals surface area contributed by atoms with E-state index in [1.54, 1.807) is 6.33 Å². The van der Waals surface area contributed by atoms with Crippen molar-refractivity contribution in [1.29, 1.82) is 0 Å². The Kier molecular flexibility index (Phi) is 4.68. The second-order valence-corrected chi connectivity index (χ2v) is 8.81. The number of benzene rings is 1. The van der Waals surface area contributed by atoms with Gasteiger partial charge in [-0.05, 0) is 36.8 Å². The Balaban J connectivity index is 1.31. The normalized spacial score (nSPS) is 25.1. The van der Waals surface area contributed by atoms with Gasteiger partial charge in [0, 0.05) is 30.8 Å². The smallest absolute Gasteiger partial charge is 0.313 e. The lowest BCUT2D eigenvalue weighted by Gasteiger charge is -2.28. The standard InChI is InChI=1S/C22H26N6O3/c23-21(31)27-22(6-7-22)20(30)26-18-16-4-2-1-3-13(16)10-17(18)25-19(29)14-5-8-28-12-24-11-15(28)9-14/h1-4,11-12,14,17-18H,5-10H2,(H,25,29)(H,26,30)(H3,23,27,31)/t14?,17-,18-/m1/s1. The lowest BCUT2D eigenvalue weighted by Crippen LogP contribution is -2.54. The first-order valence-electron chi connectivity index (χ1n) is 10.7. The minimum atomic E-state index is -0.931. The van der Waals surface area contributed by atoms with E-state index in [2.05, 4.69) is 25.5 Å². The van der Waals surface area contributed by atoms with E-state index in [4.69, 9.17) is 5.73 Å². The van der Waals surface area contributed by atoms with Crippen molar-refractivity contribution in [1.82, 2.24) is 25.5 Å². The highest BCUT2D eigenvalue weighted by Gasteiger charge is 2.52. The van der Waals surface area contributed by atoms with Crippen LogP contribution in [0.25, 0.3) is 0 Å². The number of primary amides is 1. The van der Waals surface area contributed by atoms with Gasteiger partial charge in [-0.3, -0.25) is 9.59 Å². The molecule has 2 heterocycles. The molecule has 1 aliphatic heterocycles. The fraction of sp³-hybridized carbons (Fsp3) is 0.455. The zero-order chi connectivity index (χ0) is 21.6. The van der Waals surface area contributed by atoms with Crippen LogP contribution in [0.1, 0.15) is 42.1 Å². The van der Waals surface area contributed by atoms with Gasteiger partial charge in [0.25, 0.3) is 0 Å². The lowest BCUT2D eigenvalue weighted by atomic mass is 9.94. The third-order valence-electron chi connectivity index (χ3n) is 6.74. The van der Waals surface area contributed by atoms with Crippen molar-refractivity contribution in [2.45, 2.75) is 56.3 Å². The topological polar surface area (TPSA) is 131 Å². The van der Waals surface area contributed by atoms with Gasteiger partial charge in [0.15, 0.2) is 0 Å². The molecule has 0 saturated heterocycles. The highest BCUT2D eigenvalue weighted by atomic mass is 16.2. The Hall–Kier alpha value is -3.36. The Bertz CT molecular complexity index is 1040. The number of fused-ring (bicyclic) bond motifs is 2. The first kappa shape index (κ1) is 19.6. The van der Waals surface area contributed by atoms with Crippen LogP contribution in [0, 0.1) is 5.92 Å². The van der Waals surface area contributed by atoms with Gasteiger partial charge < -0.3 is 26.3 Å². The maximum atomic E-state index is 13.1. The molecule has 2 aliphatic carbocycles. The zero-order valence-electron chi connectivity index (χ0n) is 17.1. The Morgan fingerprint density at radius 2 is 1.94 bits per heavy atom. The average Bonchev–Trinajstić information content (AvgIpc) is 3.23. The molecule has 9 nitrogen and oxygen atoms in total. The summed E-state index contributed by atoms with van der Waals surface area (Å²) in [6.07, 6.45) is 6.80. The van der Waals surface area contributed by atoms with E-state index in [9.17, 15) is 14.4 Å². The minimum Gasteiger partial charge on any atom is -0.352 e. The number of nitrogens with two attached hydrogens (primary N) is 1. The van der Waals surface area contributed by atoms with Crippen LogP contribution in [0.5, 0.6) is 0 Å².